The van der Waals surface area contributed by atoms with Gasteiger partial charge in [0.05, 0.1) is 20.3 Å². The molecule has 1 atom stereocenters. The maximum atomic E-state index is 5.83. The van der Waals surface area contributed by atoms with Crippen LogP contribution in [0.3, 0.4) is 0 Å². The Kier molecular flexibility index (Phi) is 4.78. The fourth-order valence-corrected chi connectivity index (χ4v) is 5.27. The molecule has 1 aliphatic rings. The summed E-state index contributed by atoms with van der Waals surface area (Å²) in [6, 6.07) is 19.2. The zero-order valence-corrected chi connectivity index (χ0v) is 17.5. The van der Waals surface area contributed by atoms with Crippen molar-refractivity contribution >= 4 is 22.2 Å². The molecular weight excluding hydrogens is 380 g/mol. The van der Waals surface area contributed by atoms with Crippen molar-refractivity contribution in [3.05, 3.63) is 81.7 Å². The van der Waals surface area contributed by atoms with Gasteiger partial charge in [0.2, 0.25) is 0 Å². The average molecular weight is 405 g/mol. The van der Waals surface area contributed by atoms with E-state index in [1.807, 2.05) is 17.4 Å². The van der Waals surface area contributed by atoms with Crippen LogP contribution >= 0.6 is 11.3 Å². The molecule has 2 aromatic carbocycles. The van der Waals surface area contributed by atoms with Crippen LogP contribution in [0.15, 0.2) is 60.0 Å². The van der Waals surface area contributed by atoms with Crippen molar-refractivity contribution in [1.82, 2.24) is 9.88 Å². The monoisotopic (exact) mass is 404 g/mol. The number of para-hydroxylation sites is 2. The maximum Gasteiger partial charge on any atom is 0.165 e. The average Bonchev–Trinajstić information content (AvgIpc) is 3.40. The van der Waals surface area contributed by atoms with Gasteiger partial charge in [-0.2, -0.15) is 0 Å². The summed E-state index contributed by atoms with van der Waals surface area (Å²) in [6.07, 6.45) is 1.04. The Bertz CT molecular complexity index is 1130. The Labute approximate surface area is 174 Å². The molecule has 1 N–H and O–H groups in total. The number of hydrogen-bond donors (Lipinski definition) is 1. The minimum absolute atomic E-state index is 0.0818. The molecule has 0 saturated carbocycles. The molecule has 0 bridgehead atoms. The van der Waals surface area contributed by atoms with Crippen LogP contribution in [-0.4, -0.2) is 30.6 Å². The lowest BCUT2D eigenvalue weighted by Crippen LogP contribution is -2.35. The SMILES string of the molecule is COc1cccc([C@H]2c3[nH]c4ccccc4c3CCN2Cc2cccs2)c1OC. The maximum absolute atomic E-state index is 5.83. The molecule has 0 unspecified atom stereocenters. The highest BCUT2D eigenvalue weighted by Gasteiger charge is 2.34. The van der Waals surface area contributed by atoms with E-state index in [9.17, 15) is 0 Å². The highest BCUT2D eigenvalue weighted by Crippen LogP contribution is 2.44. The van der Waals surface area contributed by atoms with Gasteiger partial charge in [-0.15, -0.1) is 11.3 Å². The number of nitrogens with zero attached hydrogens (tertiary/aromatic N) is 1. The second-order valence-corrected chi connectivity index (χ2v) is 8.38. The predicted octanol–water partition coefficient (Wildman–Crippen LogP) is 5.39. The Morgan fingerprint density at radius 1 is 1.03 bits per heavy atom. The number of benzene rings is 2. The van der Waals surface area contributed by atoms with E-state index < -0.39 is 0 Å². The minimum Gasteiger partial charge on any atom is -0.493 e. The molecular formula is C24H24N2O2S. The molecule has 3 heterocycles. The second-order valence-electron chi connectivity index (χ2n) is 7.35. The number of thiophene rings is 1. The number of rotatable bonds is 5. The minimum atomic E-state index is 0.0818. The second kappa shape index (κ2) is 7.58. The van der Waals surface area contributed by atoms with Gasteiger partial charge in [0.25, 0.3) is 0 Å². The van der Waals surface area contributed by atoms with Crippen molar-refractivity contribution in [2.75, 3.05) is 20.8 Å². The quantitative estimate of drug-likeness (QED) is 0.484. The number of fused-ring (bicyclic) bond motifs is 3. The van der Waals surface area contributed by atoms with Crippen LogP contribution in [0.4, 0.5) is 0 Å². The number of methoxy groups -OCH3 is 2. The summed E-state index contributed by atoms with van der Waals surface area (Å²) < 4.78 is 11.4. The molecule has 5 heteroatoms. The first kappa shape index (κ1) is 18.3. The number of nitrogens with one attached hydrogen (secondary N) is 1. The first-order chi connectivity index (χ1) is 14.3. The van der Waals surface area contributed by atoms with Gasteiger partial charge in [0.15, 0.2) is 11.5 Å². The molecule has 2 aromatic heterocycles. The number of H-pyrrole nitrogens is 1. The first-order valence-electron chi connectivity index (χ1n) is 9.87. The molecule has 4 nitrogen and oxygen atoms in total. The fraction of sp³-hybridized carbons (Fsp3) is 0.250. The molecule has 0 radical (unpaired) electrons. The lowest BCUT2D eigenvalue weighted by atomic mass is 9.91. The summed E-state index contributed by atoms with van der Waals surface area (Å²) in [6.45, 7) is 1.91. The van der Waals surface area contributed by atoms with E-state index >= 15 is 0 Å². The molecule has 0 spiro atoms. The lowest BCUT2D eigenvalue weighted by molar-refractivity contribution is 0.199. The molecule has 1 aliphatic heterocycles. The predicted molar refractivity (Wildman–Crippen MR) is 118 cm³/mol. The summed E-state index contributed by atoms with van der Waals surface area (Å²) in [5.74, 6) is 1.58. The molecule has 0 amide bonds. The van der Waals surface area contributed by atoms with Crippen molar-refractivity contribution in [3.63, 3.8) is 0 Å². The Hall–Kier alpha value is -2.76. The van der Waals surface area contributed by atoms with Gasteiger partial charge in [-0.3, -0.25) is 4.90 Å². The van der Waals surface area contributed by atoms with Crippen molar-refractivity contribution in [2.24, 2.45) is 0 Å². The van der Waals surface area contributed by atoms with Gasteiger partial charge < -0.3 is 14.5 Å². The third kappa shape index (κ3) is 3.11. The summed E-state index contributed by atoms with van der Waals surface area (Å²) in [5.41, 5.74) is 5.01. The van der Waals surface area contributed by atoms with E-state index in [2.05, 4.69) is 63.8 Å². The molecule has 4 aromatic rings. The van der Waals surface area contributed by atoms with Crippen molar-refractivity contribution in [3.8, 4) is 11.5 Å². The van der Waals surface area contributed by atoms with E-state index in [0.29, 0.717) is 0 Å². The molecule has 0 aliphatic carbocycles. The van der Waals surface area contributed by atoms with Crippen LogP contribution in [0.1, 0.15) is 27.7 Å². The standard InChI is InChI=1S/C24H24N2O2S/c1-27-21-11-5-9-19(24(21)28-2)23-22-18(17-8-3-4-10-20(17)25-22)12-13-26(23)15-16-7-6-14-29-16/h3-11,14,23,25H,12-13,15H2,1-2H3/t23-/m0/s1. The normalized spacial score (nSPS) is 16.7. The van der Waals surface area contributed by atoms with Crippen LogP contribution in [0.5, 0.6) is 11.5 Å². The van der Waals surface area contributed by atoms with Crippen molar-refractivity contribution in [2.45, 2.75) is 19.0 Å². The summed E-state index contributed by atoms with van der Waals surface area (Å²) in [5, 5.41) is 3.47. The zero-order valence-electron chi connectivity index (χ0n) is 16.6. The Balaban J connectivity index is 1.69. The van der Waals surface area contributed by atoms with Crippen molar-refractivity contribution < 1.29 is 9.47 Å². The third-order valence-electron chi connectivity index (χ3n) is 5.80. The number of hydrogen-bond acceptors (Lipinski definition) is 4. The van der Waals surface area contributed by atoms with Gasteiger partial charge in [-0.05, 0) is 35.6 Å². The molecule has 0 fully saturated rings. The Morgan fingerprint density at radius 2 is 1.93 bits per heavy atom. The van der Waals surface area contributed by atoms with E-state index in [1.165, 1.54) is 27.0 Å². The van der Waals surface area contributed by atoms with E-state index in [1.54, 1.807) is 14.2 Å². The molecule has 148 valence electrons. The van der Waals surface area contributed by atoms with Gasteiger partial charge in [0.1, 0.15) is 0 Å². The van der Waals surface area contributed by atoms with Gasteiger partial charge in [0, 0.05) is 40.1 Å². The summed E-state index contributed by atoms with van der Waals surface area (Å²) in [7, 11) is 3.42. The smallest absolute Gasteiger partial charge is 0.165 e. The lowest BCUT2D eigenvalue weighted by Gasteiger charge is -2.36. The fourth-order valence-electron chi connectivity index (χ4n) is 4.54. The number of ether oxygens (including phenoxy) is 2. The van der Waals surface area contributed by atoms with Gasteiger partial charge in [-0.25, -0.2) is 0 Å². The largest absolute Gasteiger partial charge is 0.493 e. The Morgan fingerprint density at radius 3 is 2.72 bits per heavy atom. The number of aromatic nitrogens is 1. The number of aromatic amines is 1. The van der Waals surface area contributed by atoms with E-state index in [4.69, 9.17) is 9.47 Å². The topological polar surface area (TPSA) is 37.5 Å². The zero-order chi connectivity index (χ0) is 19.8. The van der Waals surface area contributed by atoms with E-state index in [0.717, 1.165) is 36.6 Å². The first-order valence-corrected chi connectivity index (χ1v) is 10.7. The van der Waals surface area contributed by atoms with Gasteiger partial charge >= 0.3 is 0 Å². The van der Waals surface area contributed by atoms with Gasteiger partial charge in [-0.1, -0.05) is 36.4 Å². The van der Waals surface area contributed by atoms with Crippen LogP contribution in [0, 0.1) is 0 Å². The van der Waals surface area contributed by atoms with Crippen LogP contribution in [0.25, 0.3) is 10.9 Å². The van der Waals surface area contributed by atoms with E-state index in [-0.39, 0.29) is 6.04 Å². The summed E-state index contributed by atoms with van der Waals surface area (Å²) >= 11 is 1.81. The highest BCUT2D eigenvalue weighted by atomic mass is 32.1. The molecule has 0 saturated heterocycles. The van der Waals surface area contributed by atoms with Crippen LogP contribution in [-0.2, 0) is 13.0 Å². The van der Waals surface area contributed by atoms with Crippen LogP contribution in [0.2, 0.25) is 0 Å². The van der Waals surface area contributed by atoms with Crippen LogP contribution < -0.4 is 9.47 Å². The third-order valence-corrected chi connectivity index (χ3v) is 6.66. The molecule has 5 rings (SSSR count). The summed E-state index contributed by atoms with van der Waals surface area (Å²) in [4.78, 5) is 7.64. The molecule has 29 heavy (non-hydrogen) atoms. The highest BCUT2D eigenvalue weighted by molar-refractivity contribution is 7.09. The van der Waals surface area contributed by atoms with Crippen molar-refractivity contribution in [1.29, 1.82) is 0 Å².